The van der Waals surface area contributed by atoms with Crippen LogP contribution in [0, 0.1) is 0 Å². The summed E-state index contributed by atoms with van der Waals surface area (Å²) in [5.74, 6) is -1.58. The number of amides is 2. The SMILES string of the molecule is CC(=O)OCc1cc(CCCOCCOCCOCCNC(=O)CCCCCNC(=O)CI)ccc1OC1C[C@@H](O)[C@H](O)[C@@H](C(=O)O)O1. The Morgan fingerprint density at radius 1 is 0.896 bits per heavy atom. The maximum Gasteiger partial charge on any atom is 0.335 e. The van der Waals surface area contributed by atoms with Crippen molar-refractivity contribution in [1.29, 1.82) is 0 Å². The van der Waals surface area contributed by atoms with Crippen molar-refractivity contribution in [3.63, 3.8) is 0 Å². The number of benzene rings is 1. The van der Waals surface area contributed by atoms with Gasteiger partial charge in [0.1, 0.15) is 18.5 Å². The van der Waals surface area contributed by atoms with E-state index in [9.17, 15) is 34.5 Å². The maximum atomic E-state index is 11.9. The van der Waals surface area contributed by atoms with Crippen LogP contribution in [0.3, 0.4) is 0 Å². The van der Waals surface area contributed by atoms with Crippen molar-refractivity contribution in [3.8, 4) is 5.75 Å². The van der Waals surface area contributed by atoms with E-state index in [2.05, 4.69) is 10.6 Å². The number of aliphatic hydroxyl groups is 2. The molecule has 0 saturated carbocycles. The second-order valence-electron chi connectivity index (χ2n) is 11.0. The molecule has 1 aliphatic rings. The summed E-state index contributed by atoms with van der Waals surface area (Å²) >= 11 is 2.02. The van der Waals surface area contributed by atoms with Gasteiger partial charge < -0.3 is 54.4 Å². The molecule has 5 N–H and O–H groups in total. The highest BCUT2D eigenvalue weighted by Gasteiger charge is 2.42. The first kappa shape index (κ1) is 41.6. The Kier molecular flexibility index (Phi) is 21.2. The lowest BCUT2D eigenvalue weighted by atomic mass is 10.0. The Hall–Kier alpha value is -2.61. The van der Waals surface area contributed by atoms with Crippen molar-refractivity contribution < 1.29 is 62.9 Å². The van der Waals surface area contributed by atoms with Crippen molar-refractivity contribution in [1.82, 2.24) is 10.6 Å². The van der Waals surface area contributed by atoms with Crippen molar-refractivity contribution in [2.75, 3.05) is 57.2 Å². The number of hydrogen-bond acceptors (Lipinski definition) is 12. The van der Waals surface area contributed by atoms with Crippen LogP contribution < -0.4 is 15.4 Å². The molecule has 15 nitrogen and oxygen atoms in total. The van der Waals surface area contributed by atoms with Gasteiger partial charge in [0.05, 0.1) is 43.6 Å². The number of carboxylic acids is 1. The summed E-state index contributed by atoms with van der Waals surface area (Å²) in [5.41, 5.74) is 1.48. The number of carbonyl (C=O) groups excluding carboxylic acids is 3. The number of carboxylic acid groups (broad SMARTS) is 1. The summed E-state index contributed by atoms with van der Waals surface area (Å²) in [6.07, 6.45) is -1.46. The molecule has 272 valence electrons. The molecule has 1 aromatic rings. The molecule has 1 saturated heterocycles. The predicted molar refractivity (Wildman–Crippen MR) is 180 cm³/mol. The zero-order chi connectivity index (χ0) is 35.1. The molecule has 16 heteroatoms. The lowest BCUT2D eigenvalue weighted by Crippen LogP contribution is -2.53. The van der Waals surface area contributed by atoms with E-state index in [1.165, 1.54) is 6.92 Å². The van der Waals surface area contributed by atoms with Crippen molar-refractivity contribution >= 4 is 46.3 Å². The van der Waals surface area contributed by atoms with E-state index < -0.39 is 36.5 Å². The Labute approximate surface area is 294 Å². The summed E-state index contributed by atoms with van der Waals surface area (Å²) in [7, 11) is 0. The standard InChI is InChI=1S/C32H49IN2O13/c1-22(36)46-21-24-18-23(8-9-26(24)47-29-19-25(37)30(40)31(48-29)32(41)42)6-5-12-43-14-16-45-17-15-44-13-11-35-27(38)7-3-2-4-10-34-28(39)20-33/h8-9,18,25,29-31,37,40H,2-7,10-17,19-21H2,1H3,(H,34,39)(H,35,38)(H,41,42)/t25-,29?,30+,31+/m1/s1. The number of aryl methyl sites for hydroxylation is 1. The molecule has 0 aromatic heterocycles. The van der Waals surface area contributed by atoms with E-state index in [0.29, 0.717) is 81.3 Å². The highest BCUT2D eigenvalue weighted by molar-refractivity contribution is 14.1. The van der Waals surface area contributed by atoms with E-state index in [4.69, 9.17) is 28.4 Å². The molecule has 1 unspecified atom stereocenters. The highest BCUT2D eigenvalue weighted by atomic mass is 127. The number of alkyl halides is 1. The minimum Gasteiger partial charge on any atom is -0.479 e. The number of carbonyl (C=O) groups is 4. The monoisotopic (exact) mass is 796 g/mol. The van der Waals surface area contributed by atoms with Gasteiger partial charge in [-0.25, -0.2) is 4.79 Å². The van der Waals surface area contributed by atoms with Crippen LogP contribution in [-0.2, 0) is 55.9 Å². The van der Waals surface area contributed by atoms with E-state index in [1.54, 1.807) is 6.07 Å². The fourth-order valence-electron chi connectivity index (χ4n) is 4.59. The van der Waals surface area contributed by atoms with Crippen LogP contribution in [0.1, 0.15) is 56.6 Å². The average Bonchev–Trinajstić information content (AvgIpc) is 3.05. The van der Waals surface area contributed by atoms with Crippen LogP contribution in [0.2, 0.25) is 0 Å². The number of unbranched alkanes of at least 4 members (excludes halogenated alkanes) is 2. The summed E-state index contributed by atoms with van der Waals surface area (Å²) in [5, 5.41) is 34.8. The maximum absolute atomic E-state index is 11.9. The number of nitrogens with one attached hydrogen (secondary N) is 2. The molecule has 1 aliphatic heterocycles. The molecular weight excluding hydrogens is 747 g/mol. The lowest BCUT2D eigenvalue weighted by molar-refractivity contribution is -0.228. The summed E-state index contributed by atoms with van der Waals surface area (Å²) < 4.78 is 33.4. The Morgan fingerprint density at radius 2 is 1.58 bits per heavy atom. The van der Waals surface area contributed by atoms with Gasteiger partial charge in [-0.3, -0.25) is 14.4 Å². The number of esters is 1. The molecule has 1 fully saturated rings. The first-order valence-corrected chi connectivity index (χ1v) is 17.6. The van der Waals surface area contributed by atoms with Gasteiger partial charge in [0, 0.05) is 45.0 Å². The van der Waals surface area contributed by atoms with Gasteiger partial charge in [-0.1, -0.05) is 35.1 Å². The van der Waals surface area contributed by atoms with Crippen LogP contribution in [0.15, 0.2) is 18.2 Å². The Morgan fingerprint density at radius 3 is 2.27 bits per heavy atom. The third-order valence-electron chi connectivity index (χ3n) is 7.09. The quantitative estimate of drug-likeness (QED) is 0.0410. The average molecular weight is 797 g/mol. The van der Waals surface area contributed by atoms with Gasteiger partial charge in [0.25, 0.3) is 0 Å². The minimum absolute atomic E-state index is 0.0116. The number of hydrogen-bond donors (Lipinski definition) is 5. The molecule has 2 amide bonds. The van der Waals surface area contributed by atoms with E-state index in [0.717, 1.165) is 31.2 Å². The lowest BCUT2D eigenvalue weighted by Gasteiger charge is -2.35. The topological polar surface area (TPSA) is 208 Å². The zero-order valence-corrected chi connectivity index (χ0v) is 29.5. The van der Waals surface area contributed by atoms with Gasteiger partial charge in [-0.2, -0.15) is 0 Å². The number of aliphatic hydroxyl groups excluding tert-OH is 2. The number of aliphatic carboxylic acids is 1. The second kappa shape index (κ2) is 24.5. The Bertz CT molecular complexity index is 1130. The third-order valence-corrected chi connectivity index (χ3v) is 7.78. The van der Waals surface area contributed by atoms with Crippen LogP contribution in [0.4, 0.5) is 0 Å². The summed E-state index contributed by atoms with van der Waals surface area (Å²) in [6.45, 7) is 4.83. The van der Waals surface area contributed by atoms with Gasteiger partial charge in [0.15, 0.2) is 6.10 Å². The third kappa shape index (κ3) is 17.7. The minimum atomic E-state index is -1.64. The molecule has 0 aliphatic carbocycles. The summed E-state index contributed by atoms with van der Waals surface area (Å²) in [6, 6.07) is 5.30. The fourth-order valence-corrected chi connectivity index (χ4v) is 4.86. The normalized spacial score (nSPS) is 19.0. The first-order valence-electron chi connectivity index (χ1n) is 16.1. The zero-order valence-electron chi connectivity index (χ0n) is 27.4. The molecule has 48 heavy (non-hydrogen) atoms. The second-order valence-corrected chi connectivity index (χ2v) is 11.8. The smallest absolute Gasteiger partial charge is 0.335 e. The van der Waals surface area contributed by atoms with E-state index >= 15 is 0 Å². The molecule has 0 bridgehead atoms. The van der Waals surface area contributed by atoms with Crippen LogP contribution in [0.5, 0.6) is 5.75 Å². The molecule has 4 atom stereocenters. The largest absolute Gasteiger partial charge is 0.479 e. The van der Waals surface area contributed by atoms with Gasteiger partial charge >= 0.3 is 11.9 Å². The van der Waals surface area contributed by atoms with E-state index in [-0.39, 0.29) is 24.8 Å². The molecule has 2 rings (SSSR count). The van der Waals surface area contributed by atoms with Crippen LogP contribution in [-0.4, -0.2) is 121 Å². The van der Waals surface area contributed by atoms with Crippen molar-refractivity contribution in [2.24, 2.45) is 0 Å². The summed E-state index contributed by atoms with van der Waals surface area (Å²) in [4.78, 5) is 45.8. The molecular formula is C32H49IN2O13. The van der Waals surface area contributed by atoms with E-state index in [1.807, 2.05) is 34.7 Å². The molecule has 0 radical (unpaired) electrons. The van der Waals surface area contributed by atoms with Gasteiger partial charge in [0.2, 0.25) is 18.1 Å². The van der Waals surface area contributed by atoms with Gasteiger partial charge in [-0.15, -0.1) is 0 Å². The number of halogens is 1. The number of ether oxygens (including phenoxy) is 6. The van der Waals surface area contributed by atoms with Gasteiger partial charge in [-0.05, 0) is 43.4 Å². The Balaban J connectivity index is 1.55. The highest BCUT2D eigenvalue weighted by Crippen LogP contribution is 2.28. The molecule has 1 aromatic carbocycles. The van der Waals surface area contributed by atoms with Crippen LogP contribution in [0.25, 0.3) is 0 Å². The van der Waals surface area contributed by atoms with Crippen molar-refractivity contribution in [2.45, 2.75) is 83.1 Å². The number of rotatable bonds is 25. The first-order chi connectivity index (χ1) is 23.1. The molecule has 1 heterocycles. The molecule has 0 spiro atoms. The van der Waals surface area contributed by atoms with Crippen molar-refractivity contribution in [3.05, 3.63) is 29.3 Å². The van der Waals surface area contributed by atoms with Crippen LogP contribution >= 0.6 is 22.6 Å². The predicted octanol–water partition coefficient (Wildman–Crippen LogP) is 1.26. The fraction of sp³-hybridized carbons (Fsp3) is 0.688.